The molecular weight excluding hydrogens is 248 g/mol. The average Bonchev–Trinajstić information content (AvgIpc) is 2.47. The summed E-state index contributed by atoms with van der Waals surface area (Å²) in [4.78, 5) is 0. The van der Waals surface area contributed by atoms with E-state index in [0.29, 0.717) is 5.92 Å². The minimum absolute atomic E-state index is 0.189. The van der Waals surface area contributed by atoms with Gasteiger partial charge in [-0.25, -0.2) is 0 Å². The molecule has 1 aromatic rings. The summed E-state index contributed by atoms with van der Waals surface area (Å²) in [5.74, 6) is 2.10. The number of ether oxygens (including phenoxy) is 1. The highest BCUT2D eigenvalue weighted by molar-refractivity contribution is 5.29. The van der Waals surface area contributed by atoms with Gasteiger partial charge in [-0.1, -0.05) is 38.3 Å². The Labute approximate surface area is 123 Å². The Balaban J connectivity index is 1.99. The van der Waals surface area contributed by atoms with E-state index in [1.165, 1.54) is 25.7 Å². The van der Waals surface area contributed by atoms with Gasteiger partial charge in [0, 0.05) is 0 Å². The van der Waals surface area contributed by atoms with Crippen molar-refractivity contribution >= 4 is 0 Å². The van der Waals surface area contributed by atoms with Crippen molar-refractivity contribution in [1.29, 1.82) is 0 Å². The highest BCUT2D eigenvalue weighted by atomic mass is 16.5. The Hall–Kier alpha value is -1.02. The second kappa shape index (κ2) is 7.12. The van der Waals surface area contributed by atoms with Gasteiger partial charge in [-0.2, -0.15) is 0 Å². The maximum atomic E-state index is 10.6. The van der Waals surface area contributed by atoms with Crippen molar-refractivity contribution in [2.45, 2.75) is 65.1 Å². The van der Waals surface area contributed by atoms with Crippen LogP contribution in [0.4, 0.5) is 0 Å². The molecule has 0 aromatic heterocycles. The molecule has 0 amide bonds. The van der Waals surface area contributed by atoms with E-state index in [4.69, 9.17) is 4.74 Å². The summed E-state index contributed by atoms with van der Waals surface area (Å²) in [5.41, 5.74) is 1.03. The highest BCUT2D eigenvalue weighted by Crippen LogP contribution is 2.38. The second-order valence-electron chi connectivity index (χ2n) is 6.38. The van der Waals surface area contributed by atoms with Crippen LogP contribution >= 0.6 is 0 Å². The third kappa shape index (κ3) is 3.99. The predicted molar refractivity (Wildman–Crippen MR) is 82.9 cm³/mol. The quantitative estimate of drug-likeness (QED) is 0.843. The molecule has 3 atom stereocenters. The van der Waals surface area contributed by atoms with Gasteiger partial charge in [0.15, 0.2) is 0 Å². The molecule has 3 unspecified atom stereocenters. The van der Waals surface area contributed by atoms with E-state index in [0.717, 1.165) is 23.7 Å². The third-order valence-electron chi connectivity index (χ3n) is 4.44. The standard InChI is InChI=1S/C18H28O2/c1-4-14-6-5-7-16(12-14)18(19)15-8-10-17(11-9-15)20-13(2)3/h8-11,13-14,16,18-19H,4-7,12H2,1-3H3. The van der Waals surface area contributed by atoms with Crippen molar-refractivity contribution in [1.82, 2.24) is 0 Å². The van der Waals surface area contributed by atoms with Gasteiger partial charge in [0.05, 0.1) is 12.2 Å². The van der Waals surface area contributed by atoms with Crippen LogP contribution in [0.25, 0.3) is 0 Å². The first kappa shape index (κ1) is 15.4. The van der Waals surface area contributed by atoms with Crippen LogP contribution in [0.5, 0.6) is 5.75 Å². The van der Waals surface area contributed by atoms with Crippen LogP contribution in [0.3, 0.4) is 0 Å². The minimum Gasteiger partial charge on any atom is -0.491 e. The van der Waals surface area contributed by atoms with Gasteiger partial charge in [0.1, 0.15) is 5.75 Å². The zero-order valence-electron chi connectivity index (χ0n) is 13.0. The van der Waals surface area contributed by atoms with E-state index in [1.807, 2.05) is 38.1 Å². The molecule has 1 fully saturated rings. The molecule has 0 bridgehead atoms. The lowest BCUT2D eigenvalue weighted by Crippen LogP contribution is -2.21. The summed E-state index contributed by atoms with van der Waals surface area (Å²) in [6.07, 6.45) is 6.02. The van der Waals surface area contributed by atoms with Gasteiger partial charge in [-0.15, -0.1) is 0 Å². The van der Waals surface area contributed by atoms with Crippen molar-refractivity contribution in [2.75, 3.05) is 0 Å². The molecule has 0 aliphatic heterocycles. The molecule has 20 heavy (non-hydrogen) atoms. The Morgan fingerprint density at radius 1 is 1.20 bits per heavy atom. The lowest BCUT2D eigenvalue weighted by molar-refractivity contribution is 0.0677. The van der Waals surface area contributed by atoms with Crippen LogP contribution < -0.4 is 4.74 Å². The molecule has 1 aliphatic rings. The summed E-state index contributed by atoms with van der Waals surface area (Å²) < 4.78 is 5.65. The number of aliphatic hydroxyl groups is 1. The molecule has 1 saturated carbocycles. The molecule has 0 heterocycles. The SMILES string of the molecule is CCC1CCCC(C(O)c2ccc(OC(C)C)cc2)C1. The summed E-state index contributed by atoms with van der Waals surface area (Å²) >= 11 is 0. The van der Waals surface area contributed by atoms with E-state index in [9.17, 15) is 5.11 Å². The fourth-order valence-electron chi connectivity index (χ4n) is 3.28. The van der Waals surface area contributed by atoms with Gasteiger partial charge in [0.2, 0.25) is 0 Å². The maximum Gasteiger partial charge on any atom is 0.119 e. The first-order chi connectivity index (χ1) is 9.60. The maximum absolute atomic E-state index is 10.6. The van der Waals surface area contributed by atoms with Crippen LogP contribution in [0.1, 0.15) is 64.5 Å². The topological polar surface area (TPSA) is 29.5 Å². The lowest BCUT2D eigenvalue weighted by Gasteiger charge is -2.32. The molecule has 1 aromatic carbocycles. The van der Waals surface area contributed by atoms with E-state index in [-0.39, 0.29) is 12.2 Å². The molecule has 2 nitrogen and oxygen atoms in total. The molecule has 2 rings (SSSR count). The fourth-order valence-corrected chi connectivity index (χ4v) is 3.28. The van der Waals surface area contributed by atoms with E-state index < -0.39 is 0 Å². The smallest absolute Gasteiger partial charge is 0.119 e. The minimum atomic E-state index is -0.322. The average molecular weight is 276 g/mol. The Morgan fingerprint density at radius 2 is 1.90 bits per heavy atom. The zero-order chi connectivity index (χ0) is 14.5. The van der Waals surface area contributed by atoms with Crippen molar-refractivity contribution in [2.24, 2.45) is 11.8 Å². The largest absolute Gasteiger partial charge is 0.491 e. The highest BCUT2D eigenvalue weighted by Gasteiger charge is 2.27. The molecule has 1 N–H and O–H groups in total. The number of hydrogen-bond donors (Lipinski definition) is 1. The van der Waals surface area contributed by atoms with Gasteiger partial charge < -0.3 is 9.84 Å². The van der Waals surface area contributed by atoms with E-state index >= 15 is 0 Å². The van der Waals surface area contributed by atoms with Crippen LogP contribution in [0.15, 0.2) is 24.3 Å². The Bertz CT molecular complexity index is 396. The molecule has 2 heteroatoms. The van der Waals surface area contributed by atoms with Crippen molar-refractivity contribution < 1.29 is 9.84 Å². The summed E-state index contributed by atoms with van der Waals surface area (Å²) in [6, 6.07) is 7.97. The second-order valence-corrected chi connectivity index (χ2v) is 6.38. The number of hydrogen-bond acceptors (Lipinski definition) is 2. The summed E-state index contributed by atoms with van der Waals surface area (Å²) in [7, 11) is 0. The molecular formula is C18H28O2. The van der Waals surface area contributed by atoms with Crippen LogP contribution in [-0.4, -0.2) is 11.2 Å². The van der Waals surface area contributed by atoms with Crippen molar-refractivity contribution in [3.05, 3.63) is 29.8 Å². The normalized spacial score (nSPS) is 24.6. The first-order valence-corrected chi connectivity index (χ1v) is 8.04. The Kier molecular flexibility index (Phi) is 5.47. The molecule has 112 valence electrons. The van der Waals surface area contributed by atoms with Gasteiger partial charge in [-0.3, -0.25) is 0 Å². The van der Waals surface area contributed by atoms with Crippen molar-refractivity contribution in [3.63, 3.8) is 0 Å². The summed E-state index contributed by atoms with van der Waals surface area (Å²) in [5, 5.41) is 10.6. The monoisotopic (exact) mass is 276 g/mol. The zero-order valence-corrected chi connectivity index (χ0v) is 13.0. The van der Waals surface area contributed by atoms with E-state index in [2.05, 4.69) is 6.92 Å². The molecule has 0 saturated heterocycles. The van der Waals surface area contributed by atoms with E-state index in [1.54, 1.807) is 0 Å². The molecule has 1 aliphatic carbocycles. The van der Waals surface area contributed by atoms with Gasteiger partial charge >= 0.3 is 0 Å². The number of benzene rings is 1. The first-order valence-electron chi connectivity index (χ1n) is 8.04. The predicted octanol–water partition coefficient (Wildman–Crippen LogP) is 4.72. The number of rotatable bonds is 5. The number of aliphatic hydroxyl groups excluding tert-OH is 1. The Morgan fingerprint density at radius 3 is 2.50 bits per heavy atom. The van der Waals surface area contributed by atoms with Gasteiger partial charge in [0.25, 0.3) is 0 Å². The molecule has 0 spiro atoms. The fraction of sp³-hybridized carbons (Fsp3) is 0.667. The van der Waals surface area contributed by atoms with Crippen LogP contribution in [-0.2, 0) is 0 Å². The summed E-state index contributed by atoms with van der Waals surface area (Å²) in [6.45, 7) is 6.31. The van der Waals surface area contributed by atoms with Gasteiger partial charge in [-0.05, 0) is 56.2 Å². The molecule has 0 radical (unpaired) electrons. The van der Waals surface area contributed by atoms with Crippen molar-refractivity contribution in [3.8, 4) is 5.75 Å². The lowest BCUT2D eigenvalue weighted by atomic mass is 9.76. The van der Waals surface area contributed by atoms with Crippen LogP contribution in [0, 0.1) is 11.8 Å². The van der Waals surface area contributed by atoms with Crippen LogP contribution in [0.2, 0.25) is 0 Å². The third-order valence-corrected chi connectivity index (χ3v) is 4.44.